The molecular formula is C13H23N3O2. The van der Waals surface area contributed by atoms with Crippen LogP contribution in [0.1, 0.15) is 57.3 Å². The van der Waals surface area contributed by atoms with Crippen molar-refractivity contribution >= 4 is 0 Å². The van der Waals surface area contributed by atoms with Crippen LogP contribution in [0, 0.1) is 11.8 Å². The molecule has 0 aliphatic heterocycles. The molecule has 1 fully saturated rings. The van der Waals surface area contributed by atoms with Crippen LogP contribution in [0.4, 0.5) is 0 Å². The zero-order valence-corrected chi connectivity index (χ0v) is 11.4. The maximum atomic E-state index is 5.76. The molecule has 2 N–H and O–H groups in total. The third kappa shape index (κ3) is 2.90. The smallest absolute Gasteiger partial charge is 0.231 e. The van der Waals surface area contributed by atoms with Crippen LogP contribution < -0.4 is 5.73 Å². The maximum Gasteiger partial charge on any atom is 0.231 e. The molecule has 1 aliphatic carbocycles. The molecule has 2 atom stereocenters. The molecule has 5 nitrogen and oxygen atoms in total. The minimum atomic E-state index is -0.00177. The Kier molecular flexibility index (Phi) is 4.35. The van der Waals surface area contributed by atoms with Gasteiger partial charge in [-0.3, -0.25) is 0 Å². The van der Waals surface area contributed by atoms with Crippen molar-refractivity contribution in [3.63, 3.8) is 0 Å². The van der Waals surface area contributed by atoms with E-state index >= 15 is 0 Å². The van der Waals surface area contributed by atoms with Crippen LogP contribution in [-0.4, -0.2) is 23.3 Å². The molecule has 0 amide bonds. The summed E-state index contributed by atoms with van der Waals surface area (Å²) in [5, 5.41) is 4.08. The molecule has 1 aliphatic rings. The summed E-state index contributed by atoms with van der Waals surface area (Å²) in [6.07, 6.45) is 2.39. The Balaban J connectivity index is 2.12. The van der Waals surface area contributed by atoms with Crippen molar-refractivity contribution in [2.45, 2.75) is 45.6 Å². The average Bonchev–Trinajstić information content (AvgIpc) is 3.06. The summed E-state index contributed by atoms with van der Waals surface area (Å²) in [7, 11) is 0. The second-order valence-corrected chi connectivity index (χ2v) is 5.29. The van der Waals surface area contributed by atoms with Gasteiger partial charge in [0.1, 0.15) is 6.10 Å². The van der Waals surface area contributed by atoms with Gasteiger partial charge in [-0.15, -0.1) is 0 Å². The highest BCUT2D eigenvalue weighted by Crippen LogP contribution is 2.42. The molecule has 0 radical (unpaired) electrons. The first-order valence-electron chi connectivity index (χ1n) is 6.82. The third-order valence-electron chi connectivity index (χ3n) is 3.48. The predicted molar refractivity (Wildman–Crippen MR) is 68.0 cm³/mol. The van der Waals surface area contributed by atoms with Crippen molar-refractivity contribution in [3.8, 4) is 0 Å². The van der Waals surface area contributed by atoms with Crippen molar-refractivity contribution in [1.82, 2.24) is 10.1 Å². The van der Waals surface area contributed by atoms with Crippen LogP contribution in [-0.2, 0) is 4.74 Å². The van der Waals surface area contributed by atoms with Gasteiger partial charge in [0.25, 0.3) is 0 Å². The summed E-state index contributed by atoms with van der Waals surface area (Å²) >= 11 is 0. The number of nitrogens with zero attached hydrogens (tertiary/aromatic N) is 2. The van der Waals surface area contributed by atoms with Gasteiger partial charge >= 0.3 is 0 Å². The number of ether oxygens (including phenoxy) is 1. The van der Waals surface area contributed by atoms with E-state index in [0.29, 0.717) is 36.7 Å². The van der Waals surface area contributed by atoms with Crippen LogP contribution in [0.3, 0.4) is 0 Å². The van der Waals surface area contributed by atoms with E-state index in [1.165, 1.54) is 12.8 Å². The van der Waals surface area contributed by atoms with Crippen LogP contribution in [0.15, 0.2) is 4.52 Å². The van der Waals surface area contributed by atoms with Crippen LogP contribution in [0.25, 0.3) is 0 Å². The molecular weight excluding hydrogens is 230 g/mol. The number of aromatic nitrogens is 2. The van der Waals surface area contributed by atoms with Gasteiger partial charge in [0, 0.05) is 13.2 Å². The maximum absolute atomic E-state index is 5.76. The molecule has 1 aromatic heterocycles. The lowest BCUT2D eigenvalue weighted by Gasteiger charge is -2.14. The number of nitrogens with two attached hydrogens (primary N) is 1. The second-order valence-electron chi connectivity index (χ2n) is 5.29. The summed E-state index contributed by atoms with van der Waals surface area (Å²) in [6, 6.07) is 0. The molecule has 1 heterocycles. The quantitative estimate of drug-likeness (QED) is 0.806. The van der Waals surface area contributed by atoms with Gasteiger partial charge in [-0.05, 0) is 31.6 Å². The van der Waals surface area contributed by atoms with Gasteiger partial charge in [-0.1, -0.05) is 19.0 Å². The molecule has 1 saturated carbocycles. The zero-order valence-electron chi connectivity index (χ0n) is 11.4. The van der Waals surface area contributed by atoms with Gasteiger partial charge in [0.15, 0.2) is 0 Å². The molecule has 0 bridgehead atoms. The van der Waals surface area contributed by atoms with Gasteiger partial charge in [0.2, 0.25) is 11.7 Å². The number of hydrogen-bond acceptors (Lipinski definition) is 5. The molecule has 5 heteroatoms. The first kappa shape index (κ1) is 13.5. The van der Waals surface area contributed by atoms with Crippen molar-refractivity contribution in [2.24, 2.45) is 17.6 Å². The van der Waals surface area contributed by atoms with Crippen LogP contribution >= 0.6 is 0 Å². The Morgan fingerprint density at radius 3 is 2.67 bits per heavy atom. The largest absolute Gasteiger partial charge is 0.370 e. The summed E-state index contributed by atoms with van der Waals surface area (Å²) in [5.41, 5.74) is 5.76. The molecule has 102 valence electrons. The lowest BCUT2D eigenvalue weighted by Crippen LogP contribution is -2.18. The van der Waals surface area contributed by atoms with Crippen molar-refractivity contribution < 1.29 is 9.26 Å². The number of hydrogen-bond donors (Lipinski definition) is 1. The van der Waals surface area contributed by atoms with Crippen molar-refractivity contribution in [2.75, 3.05) is 13.2 Å². The van der Waals surface area contributed by atoms with Gasteiger partial charge in [-0.2, -0.15) is 4.98 Å². The molecule has 0 aromatic carbocycles. The lowest BCUT2D eigenvalue weighted by molar-refractivity contribution is 0.0384. The monoisotopic (exact) mass is 253 g/mol. The fraction of sp³-hybridized carbons (Fsp3) is 0.846. The standard InChI is InChI=1S/C13H23N3O2/c1-4-17-11(9-5-6-9)12-15-13(18-16-12)10(7-14)8(2)3/h8-11H,4-7,14H2,1-3H3. The minimum Gasteiger partial charge on any atom is -0.370 e. The first-order chi connectivity index (χ1) is 8.67. The van der Waals surface area contributed by atoms with Gasteiger partial charge < -0.3 is 15.0 Å². The lowest BCUT2D eigenvalue weighted by atomic mass is 9.96. The third-order valence-corrected chi connectivity index (χ3v) is 3.48. The van der Waals surface area contributed by atoms with E-state index in [-0.39, 0.29) is 12.0 Å². The normalized spacial score (nSPS) is 19.2. The SMILES string of the molecule is CCOC(c1noc(C(CN)C(C)C)n1)C1CC1. The van der Waals surface area contributed by atoms with Gasteiger partial charge in [0.05, 0.1) is 5.92 Å². The summed E-state index contributed by atoms with van der Waals surface area (Å²) in [5.74, 6) is 2.43. The average molecular weight is 253 g/mol. The van der Waals surface area contributed by atoms with E-state index in [4.69, 9.17) is 15.0 Å². The Bertz CT molecular complexity index is 374. The Morgan fingerprint density at radius 1 is 1.44 bits per heavy atom. The highest BCUT2D eigenvalue weighted by atomic mass is 16.5. The van der Waals surface area contributed by atoms with Gasteiger partial charge in [-0.25, -0.2) is 0 Å². The molecule has 2 rings (SSSR count). The van der Waals surface area contributed by atoms with Crippen molar-refractivity contribution in [3.05, 3.63) is 11.7 Å². The first-order valence-corrected chi connectivity index (χ1v) is 6.82. The second kappa shape index (κ2) is 5.80. The number of rotatable bonds is 7. The molecule has 0 saturated heterocycles. The highest BCUT2D eigenvalue weighted by molar-refractivity contribution is 5.02. The Hall–Kier alpha value is -0.940. The zero-order chi connectivity index (χ0) is 13.1. The van der Waals surface area contributed by atoms with E-state index < -0.39 is 0 Å². The van der Waals surface area contributed by atoms with E-state index in [2.05, 4.69) is 24.0 Å². The summed E-state index contributed by atoms with van der Waals surface area (Å²) < 4.78 is 11.1. The van der Waals surface area contributed by atoms with Crippen LogP contribution in [0.5, 0.6) is 0 Å². The van der Waals surface area contributed by atoms with Crippen molar-refractivity contribution in [1.29, 1.82) is 0 Å². The fourth-order valence-corrected chi connectivity index (χ4v) is 2.17. The minimum absolute atomic E-state index is 0.00177. The van der Waals surface area contributed by atoms with Crippen LogP contribution in [0.2, 0.25) is 0 Å². The van der Waals surface area contributed by atoms with E-state index in [1.807, 2.05) is 6.92 Å². The molecule has 2 unspecified atom stereocenters. The predicted octanol–water partition coefficient (Wildman–Crippen LogP) is 2.26. The summed E-state index contributed by atoms with van der Waals surface area (Å²) in [4.78, 5) is 4.50. The summed E-state index contributed by atoms with van der Waals surface area (Å²) in [6.45, 7) is 7.43. The Morgan fingerprint density at radius 2 is 2.17 bits per heavy atom. The molecule has 0 spiro atoms. The fourth-order valence-electron chi connectivity index (χ4n) is 2.17. The van der Waals surface area contributed by atoms with E-state index in [9.17, 15) is 0 Å². The van der Waals surface area contributed by atoms with E-state index in [1.54, 1.807) is 0 Å². The highest BCUT2D eigenvalue weighted by Gasteiger charge is 2.36. The van der Waals surface area contributed by atoms with E-state index in [0.717, 1.165) is 0 Å². The Labute approximate surface area is 108 Å². The topological polar surface area (TPSA) is 74.2 Å². The molecule has 1 aromatic rings. The molecule has 18 heavy (non-hydrogen) atoms.